The van der Waals surface area contributed by atoms with Crippen LogP contribution >= 0.6 is 0 Å². The smallest absolute Gasteiger partial charge is 0.255 e. The van der Waals surface area contributed by atoms with Crippen LogP contribution in [0.15, 0.2) is 42.5 Å². The van der Waals surface area contributed by atoms with Crippen molar-refractivity contribution in [1.82, 2.24) is 14.7 Å². The number of carbonyl (C=O) groups is 2. The Bertz CT molecular complexity index is 996. The van der Waals surface area contributed by atoms with Gasteiger partial charge in [-0.05, 0) is 73.9 Å². The minimum atomic E-state index is 0.0921. The Kier molecular flexibility index (Phi) is 5.53. The number of likely N-dealkylation sites (tertiary alicyclic amines) is 2. The molecule has 5 heteroatoms. The summed E-state index contributed by atoms with van der Waals surface area (Å²) < 4.78 is 0. The summed E-state index contributed by atoms with van der Waals surface area (Å²) in [4.78, 5) is 32.8. The Morgan fingerprint density at radius 1 is 0.871 bits per heavy atom. The molecule has 0 saturated carbocycles. The molecule has 0 aromatic heterocycles. The predicted molar refractivity (Wildman–Crippen MR) is 121 cm³/mol. The molecule has 0 spiro atoms. The summed E-state index contributed by atoms with van der Waals surface area (Å²) in [5.74, 6) is 0.255. The van der Waals surface area contributed by atoms with Crippen molar-refractivity contribution in [3.8, 4) is 0 Å². The maximum Gasteiger partial charge on any atom is 0.255 e. The molecule has 31 heavy (non-hydrogen) atoms. The molecule has 0 radical (unpaired) electrons. The zero-order valence-corrected chi connectivity index (χ0v) is 18.3. The van der Waals surface area contributed by atoms with Crippen molar-refractivity contribution in [1.29, 1.82) is 0 Å². The van der Waals surface area contributed by atoms with E-state index in [2.05, 4.69) is 21.9 Å². The van der Waals surface area contributed by atoms with Gasteiger partial charge in [0.1, 0.15) is 0 Å². The van der Waals surface area contributed by atoms with E-state index in [-0.39, 0.29) is 18.0 Å². The molecule has 0 aliphatic carbocycles. The van der Waals surface area contributed by atoms with E-state index >= 15 is 0 Å². The van der Waals surface area contributed by atoms with Gasteiger partial charge in [-0.3, -0.25) is 14.5 Å². The molecule has 2 aromatic rings. The van der Waals surface area contributed by atoms with Crippen LogP contribution in [0.1, 0.15) is 63.1 Å². The second-order valence-corrected chi connectivity index (χ2v) is 9.14. The molecule has 1 unspecified atom stereocenters. The van der Waals surface area contributed by atoms with Gasteiger partial charge < -0.3 is 9.80 Å². The number of fused-ring (bicyclic) bond motifs is 1. The maximum absolute atomic E-state index is 13.3. The summed E-state index contributed by atoms with van der Waals surface area (Å²) >= 11 is 0. The first-order chi connectivity index (χ1) is 15.1. The lowest BCUT2D eigenvalue weighted by Crippen LogP contribution is -2.46. The Morgan fingerprint density at radius 3 is 2.48 bits per heavy atom. The summed E-state index contributed by atoms with van der Waals surface area (Å²) in [7, 11) is 0. The molecule has 3 aliphatic heterocycles. The molecule has 2 saturated heterocycles. The lowest BCUT2D eigenvalue weighted by Gasteiger charge is -2.33. The first-order valence-corrected chi connectivity index (χ1v) is 11.6. The van der Waals surface area contributed by atoms with Gasteiger partial charge in [-0.25, -0.2) is 0 Å². The van der Waals surface area contributed by atoms with Gasteiger partial charge in [0.25, 0.3) is 11.8 Å². The minimum absolute atomic E-state index is 0.0921. The first-order valence-electron chi connectivity index (χ1n) is 11.6. The molecule has 3 heterocycles. The molecule has 0 bridgehead atoms. The van der Waals surface area contributed by atoms with Crippen LogP contribution in [-0.4, -0.2) is 58.9 Å². The predicted octanol–water partition coefficient (Wildman–Crippen LogP) is 3.85. The zero-order chi connectivity index (χ0) is 21.4. The topological polar surface area (TPSA) is 43.9 Å². The largest absolute Gasteiger partial charge is 0.334 e. The van der Waals surface area contributed by atoms with E-state index in [0.29, 0.717) is 13.1 Å². The van der Waals surface area contributed by atoms with Gasteiger partial charge in [0, 0.05) is 43.9 Å². The van der Waals surface area contributed by atoms with E-state index in [9.17, 15) is 9.59 Å². The summed E-state index contributed by atoms with van der Waals surface area (Å²) in [5, 5.41) is 0. The number of hydrogen-bond donors (Lipinski definition) is 0. The van der Waals surface area contributed by atoms with Gasteiger partial charge in [0.05, 0.1) is 6.17 Å². The fourth-order valence-electron chi connectivity index (χ4n) is 5.41. The summed E-state index contributed by atoms with van der Waals surface area (Å²) in [6.07, 6.45) is 5.74. The summed E-state index contributed by atoms with van der Waals surface area (Å²) in [6.45, 7) is 6.37. The molecule has 1 atom stereocenters. The molecule has 2 amide bonds. The highest BCUT2D eigenvalue weighted by atomic mass is 16.2. The van der Waals surface area contributed by atoms with Crippen LogP contribution in [0.5, 0.6) is 0 Å². The monoisotopic (exact) mass is 417 g/mol. The van der Waals surface area contributed by atoms with Gasteiger partial charge in [-0.1, -0.05) is 24.3 Å². The highest BCUT2D eigenvalue weighted by Gasteiger charge is 2.35. The van der Waals surface area contributed by atoms with Crippen molar-refractivity contribution in [2.75, 3.05) is 26.2 Å². The number of hydrogen-bond acceptors (Lipinski definition) is 3. The number of amides is 2. The fourth-order valence-corrected chi connectivity index (χ4v) is 5.41. The lowest BCUT2D eigenvalue weighted by atomic mass is 9.96. The fraction of sp³-hybridized carbons (Fsp3) is 0.462. The molecule has 3 aliphatic rings. The van der Waals surface area contributed by atoms with Crippen molar-refractivity contribution in [3.05, 3.63) is 70.3 Å². The second-order valence-electron chi connectivity index (χ2n) is 9.14. The molecule has 162 valence electrons. The summed E-state index contributed by atoms with van der Waals surface area (Å²) in [5.41, 5.74) is 4.94. The van der Waals surface area contributed by atoms with Crippen LogP contribution in [0.4, 0.5) is 0 Å². The highest BCUT2D eigenvalue weighted by molar-refractivity contribution is 5.96. The van der Waals surface area contributed by atoms with Crippen LogP contribution in [0.2, 0.25) is 0 Å². The van der Waals surface area contributed by atoms with E-state index in [1.807, 2.05) is 42.2 Å². The standard InChI is InChI=1S/C26H31N3O2/c1-19-7-2-3-8-23(19)26(31)28-16-12-20-17-21(10-11-22(20)18-28)25(30)29-15-6-9-24(29)27-13-4-5-14-27/h2-3,7-8,10-11,17,24H,4-6,9,12-16,18H2,1H3. The molecular formula is C26H31N3O2. The normalized spacial score (nSPS) is 21.4. The Morgan fingerprint density at radius 2 is 1.68 bits per heavy atom. The van der Waals surface area contributed by atoms with E-state index in [1.54, 1.807) is 0 Å². The van der Waals surface area contributed by atoms with E-state index in [1.165, 1.54) is 18.4 Å². The number of rotatable bonds is 3. The van der Waals surface area contributed by atoms with E-state index in [4.69, 9.17) is 0 Å². The van der Waals surface area contributed by atoms with Crippen LogP contribution in [0, 0.1) is 6.92 Å². The number of aryl methyl sites for hydroxylation is 1. The average Bonchev–Trinajstić information content (AvgIpc) is 3.49. The van der Waals surface area contributed by atoms with Crippen LogP contribution in [0.3, 0.4) is 0 Å². The molecule has 0 N–H and O–H groups in total. The Balaban J connectivity index is 1.31. The van der Waals surface area contributed by atoms with Crippen molar-refractivity contribution >= 4 is 11.8 Å². The van der Waals surface area contributed by atoms with Crippen LogP contribution < -0.4 is 0 Å². The Hall–Kier alpha value is -2.66. The molecule has 2 fully saturated rings. The third kappa shape index (κ3) is 3.87. The SMILES string of the molecule is Cc1ccccc1C(=O)N1CCc2cc(C(=O)N3CCCC3N3CCCC3)ccc2C1. The van der Waals surface area contributed by atoms with Gasteiger partial charge >= 0.3 is 0 Å². The third-order valence-corrected chi connectivity index (χ3v) is 7.17. The second kappa shape index (κ2) is 8.46. The van der Waals surface area contributed by atoms with Crippen LogP contribution in [0.25, 0.3) is 0 Å². The van der Waals surface area contributed by atoms with Gasteiger partial charge in [-0.2, -0.15) is 0 Å². The maximum atomic E-state index is 13.3. The number of carbonyl (C=O) groups excluding carboxylic acids is 2. The van der Waals surface area contributed by atoms with E-state index < -0.39 is 0 Å². The van der Waals surface area contributed by atoms with Crippen molar-refractivity contribution in [3.63, 3.8) is 0 Å². The number of nitrogens with zero attached hydrogens (tertiary/aromatic N) is 3. The van der Waals surface area contributed by atoms with Crippen molar-refractivity contribution in [2.45, 2.75) is 51.7 Å². The number of benzene rings is 2. The van der Waals surface area contributed by atoms with Gasteiger partial charge in [0.2, 0.25) is 0 Å². The average molecular weight is 418 g/mol. The molecule has 2 aromatic carbocycles. The molecule has 5 rings (SSSR count). The van der Waals surface area contributed by atoms with Crippen molar-refractivity contribution < 1.29 is 9.59 Å². The van der Waals surface area contributed by atoms with Crippen LogP contribution in [-0.2, 0) is 13.0 Å². The summed E-state index contributed by atoms with van der Waals surface area (Å²) in [6, 6.07) is 13.9. The molecule has 5 nitrogen and oxygen atoms in total. The van der Waals surface area contributed by atoms with Gasteiger partial charge in [0.15, 0.2) is 0 Å². The lowest BCUT2D eigenvalue weighted by molar-refractivity contribution is 0.0530. The van der Waals surface area contributed by atoms with E-state index in [0.717, 1.165) is 61.2 Å². The first kappa shape index (κ1) is 20.3. The molecular weight excluding hydrogens is 386 g/mol. The third-order valence-electron chi connectivity index (χ3n) is 7.17. The minimum Gasteiger partial charge on any atom is -0.334 e. The zero-order valence-electron chi connectivity index (χ0n) is 18.3. The highest BCUT2D eigenvalue weighted by Crippen LogP contribution is 2.28. The quantitative estimate of drug-likeness (QED) is 0.762. The van der Waals surface area contributed by atoms with Crippen molar-refractivity contribution in [2.24, 2.45) is 0 Å². The Labute approximate surface area is 184 Å². The van der Waals surface area contributed by atoms with Gasteiger partial charge in [-0.15, -0.1) is 0 Å².